The Morgan fingerprint density at radius 3 is 2.40 bits per heavy atom. The molecule has 0 aliphatic heterocycles. The summed E-state index contributed by atoms with van der Waals surface area (Å²) in [4.78, 5) is 0. The SMILES string of the molecule is Oc1ccc(/C=C/c2ccsc2)cc1O. The van der Waals surface area contributed by atoms with Crippen molar-refractivity contribution in [1.82, 2.24) is 0 Å². The maximum absolute atomic E-state index is 9.28. The van der Waals surface area contributed by atoms with Gasteiger partial charge in [-0.05, 0) is 40.1 Å². The fourth-order valence-corrected chi connectivity index (χ4v) is 1.83. The van der Waals surface area contributed by atoms with Gasteiger partial charge in [-0.3, -0.25) is 0 Å². The van der Waals surface area contributed by atoms with Crippen molar-refractivity contribution < 1.29 is 10.2 Å². The Labute approximate surface area is 91.8 Å². The lowest BCUT2D eigenvalue weighted by Gasteiger charge is -1.97. The van der Waals surface area contributed by atoms with E-state index in [1.807, 2.05) is 29.0 Å². The fourth-order valence-electron chi connectivity index (χ4n) is 1.21. The molecule has 1 heterocycles. The molecule has 15 heavy (non-hydrogen) atoms. The van der Waals surface area contributed by atoms with Gasteiger partial charge in [-0.2, -0.15) is 11.3 Å². The first-order valence-corrected chi connectivity index (χ1v) is 5.42. The molecular weight excluding hydrogens is 208 g/mol. The number of phenols is 2. The van der Waals surface area contributed by atoms with Crippen LogP contribution in [0.4, 0.5) is 0 Å². The van der Waals surface area contributed by atoms with Gasteiger partial charge >= 0.3 is 0 Å². The van der Waals surface area contributed by atoms with Crippen LogP contribution in [-0.2, 0) is 0 Å². The molecule has 0 fully saturated rings. The van der Waals surface area contributed by atoms with Crippen molar-refractivity contribution in [1.29, 1.82) is 0 Å². The van der Waals surface area contributed by atoms with E-state index in [0.29, 0.717) is 0 Å². The zero-order chi connectivity index (χ0) is 10.7. The minimum absolute atomic E-state index is 0.0947. The zero-order valence-electron chi connectivity index (χ0n) is 7.92. The van der Waals surface area contributed by atoms with Crippen molar-refractivity contribution in [2.24, 2.45) is 0 Å². The normalized spacial score (nSPS) is 10.9. The molecule has 0 aliphatic rings. The van der Waals surface area contributed by atoms with Crippen LogP contribution >= 0.6 is 11.3 Å². The Kier molecular flexibility index (Phi) is 2.74. The molecule has 76 valence electrons. The molecular formula is C12H10O2S. The Bertz CT molecular complexity index is 472. The van der Waals surface area contributed by atoms with Gasteiger partial charge in [-0.25, -0.2) is 0 Å². The molecule has 1 aromatic carbocycles. The molecule has 0 radical (unpaired) electrons. The topological polar surface area (TPSA) is 40.5 Å². The number of hydrogen-bond acceptors (Lipinski definition) is 3. The summed E-state index contributed by atoms with van der Waals surface area (Å²) in [7, 11) is 0. The van der Waals surface area contributed by atoms with Crippen LogP contribution in [0.15, 0.2) is 35.0 Å². The third-order valence-electron chi connectivity index (χ3n) is 2.01. The molecule has 2 aromatic rings. The molecule has 0 atom stereocenters. The van der Waals surface area contributed by atoms with Gasteiger partial charge in [0.1, 0.15) is 0 Å². The standard InChI is InChI=1S/C12H10O2S/c13-11-4-3-9(7-12(11)14)1-2-10-5-6-15-8-10/h1-8,13-14H/b2-1+. The van der Waals surface area contributed by atoms with Gasteiger partial charge in [0.05, 0.1) is 0 Å². The predicted molar refractivity (Wildman–Crippen MR) is 63.0 cm³/mol. The molecule has 2 nitrogen and oxygen atoms in total. The minimum atomic E-state index is -0.0949. The minimum Gasteiger partial charge on any atom is -0.504 e. The van der Waals surface area contributed by atoms with Gasteiger partial charge in [0.25, 0.3) is 0 Å². The summed E-state index contributed by atoms with van der Waals surface area (Å²) >= 11 is 1.64. The van der Waals surface area contributed by atoms with Crippen LogP contribution in [0.1, 0.15) is 11.1 Å². The van der Waals surface area contributed by atoms with Crippen molar-refractivity contribution in [3.63, 3.8) is 0 Å². The quantitative estimate of drug-likeness (QED) is 0.759. The number of phenolic OH excluding ortho intramolecular Hbond substituents is 2. The van der Waals surface area contributed by atoms with Gasteiger partial charge in [0.2, 0.25) is 0 Å². The third-order valence-corrected chi connectivity index (χ3v) is 2.71. The fraction of sp³-hybridized carbons (Fsp3) is 0. The van der Waals surface area contributed by atoms with Gasteiger partial charge < -0.3 is 10.2 Å². The maximum atomic E-state index is 9.28. The summed E-state index contributed by atoms with van der Waals surface area (Å²) in [5.74, 6) is -0.190. The second-order valence-electron chi connectivity index (χ2n) is 3.14. The van der Waals surface area contributed by atoms with E-state index in [-0.39, 0.29) is 11.5 Å². The van der Waals surface area contributed by atoms with E-state index in [4.69, 9.17) is 5.11 Å². The summed E-state index contributed by atoms with van der Waals surface area (Å²) in [5.41, 5.74) is 1.99. The lowest BCUT2D eigenvalue weighted by Crippen LogP contribution is -1.72. The summed E-state index contributed by atoms with van der Waals surface area (Å²) in [6.07, 6.45) is 3.85. The lowest BCUT2D eigenvalue weighted by molar-refractivity contribution is 0.403. The van der Waals surface area contributed by atoms with Crippen molar-refractivity contribution in [3.05, 3.63) is 46.2 Å². The number of rotatable bonds is 2. The van der Waals surface area contributed by atoms with Crippen LogP contribution in [0.25, 0.3) is 12.2 Å². The van der Waals surface area contributed by atoms with Crippen molar-refractivity contribution >= 4 is 23.5 Å². The van der Waals surface area contributed by atoms with Gasteiger partial charge in [0.15, 0.2) is 11.5 Å². The summed E-state index contributed by atoms with van der Waals surface area (Å²) in [5, 5.41) is 22.4. The van der Waals surface area contributed by atoms with Crippen LogP contribution in [0, 0.1) is 0 Å². The van der Waals surface area contributed by atoms with Crippen LogP contribution in [0.2, 0.25) is 0 Å². The summed E-state index contributed by atoms with van der Waals surface area (Å²) < 4.78 is 0. The molecule has 0 saturated carbocycles. The molecule has 1 aromatic heterocycles. The van der Waals surface area contributed by atoms with E-state index >= 15 is 0 Å². The molecule has 0 aliphatic carbocycles. The van der Waals surface area contributed by atoms with Crippen molar-refractivity contribution in [2.75, 3.05) is 0 Å². The van der Waals surface area contributed by atoms with Crippen LogP contribution in [-0.4, -0.2) is 10.2 Å². The first kappa shape index (κ1) is 9.80. The molecule has 0 amide bonds. The highest BCUT2D eigenvalue weighted by Gasteiger charge is 1.97. The largest absolute Gasteiger partial charge is 0.504 e. The molecule has 0 bridgehead atoms. The molecule has 3 heteroatoms. The first-order valence-electron chi connectivity index (χ1n) is 4.48. The Hall–Kier alpha value is -1.74. The van der Waals surface area contributed by atoms with E-state index in [2.05, 4.69) is 0 Å². The lowest BCUT2D eigenvalue weighted by atomic mass is 10.1. The summed E-state index contributed by atoms with van der Waals surface area (Å²) in [6.45, 7) is 0. The van der Waals surface area contributed by atoms with E-state index in [1.54, 1.807) is 17.4 Å². The highest BCUT2D eigenvalue weighted by molar-refractivity contribution is 7.08. The van der Waals surface area contributed by atoms with Crippen LogP contribution in [0.3, 0.4) is 0 Å². The number of benzene rings is 1. The monoisotopic (exact) mass is 218 g/mol. The van der Waals surface area contributed by atoms with Crippen molar-refractivity contribution in [2.45, 2.75) is 0 Å². The average molecular weight is 218 g/mol. The highest BCUT2D eigenvalue weighted by atomic mass is 32.1. The second kappa shape index (κ2) is 4.19. The Morgan fingerprint density at radius 1 is 0.933 bits per heavy atom. The van der Waals surface area contributed by atoms with Crippen LogP contribution in [0.5, 0.6) is 11.5 Å². The van der Waals surface area contributed by atoms with Crippen LogP contribution < -0.4 is 0 Å². The Morgan fingerprint density at radius 2 is 1.73 bits per heavy atom. The molecule has 0 saturated heterocycles. The molecule has 2 rings (SSSR count). The highest BCUT2D eigenvalue weighted by Crippen LogP contribution is 2.25. The molecule has 0 spiro atoms. The third kappa shape index (κ3) is 2.39. The van der Waals surface area contributed by atoms with Crippen molar-refractivity contribution in [3.8, 4) is 11.5 Å². The van der Waals surface area contributed by atoms with Gasteiger partial charge in [0, 0.05) is 0 Å². The molecule has 2 N–H and O–H groups in total. The van der Waals surface area contributed by atoms with E-state index in [1.165, 1.54) is 12.1 Å². The summed E-state index contributed by atoms with van der Waals surface area (Å²) in [6, 6.07) is 6.76. The van der Waals surface area contributed by atoms with E-state index in [0.717, 1.165) is 11.1 Å². The average Bonchev–Trinajstić information content (AvgIpc) is 2.73. The zero-order valence-corrected chi connectivity index (χ0v) is 8.74. The Balaban J connectivity index is 2.21. The first-order chi connectivity index (χ1) is 7.25. The number of hydrogen-bond donors (Lipinski definition) is 2. The number of aromatic hydroxyl groups is 2. The number of thiophene rings is 1. The van der Waals surface area contributed by atoms with Gasteiger partial charge in [-0.15, -0.1) is 0 Å². The maximum Gasteiger partial charge on any atom is 0.157 e. The van der Waals surface area contributed by atoms with E-state index < -0.39 is 0 Å². The molecule has 0 unspecified atom stereocenters. The smallest absolute Gasteiger partial charge is 0.157 e. The second-order valence-corrected chi connectivity index (χ2v) is 3.92. The predicted octanol–water partition coefficient (Wildman–Crippen LogP) is 3.33. The van der Waals surface area contributed by atoms with E-state index in [9.17, 15) is 5.11 Å². The van der Waals surface area contributed by atoms with Gasteiger partial charge in [-0.1, -0.05) is 18.2 Å².